The Bertz CT molecular complexity index is 343. The van der Waals surface area contributed by atoms with E-state index in [1.165, 1.54) is 12.1 Å². The minimum atomic E-state index is -0.662. The second-order valence-corrected chi connectivity index (χ2v) is 1.94. The van der Waals surface area contributed by atoms with Crippen molar-refractivity contribution in [2.24, 2.45) is 5.10 Å². The van der Waals surface area contributed by atoms with Gasteiger partial charge in [0, 0.05) is 0 Å². The third-order valence-electron chi connectivity index (χ3n) is 1.11. The van der Waals surface area contributed by atoms with Crippen LogP contribution in [0.15, 0.2) is 21.7 Å². The van der Waals surface area contributed by atoms with Gasteiger partial charge < -0.3 is 4.42 Å². The van der Waals surface area contributed by atoms with Crippen LogP contribution >= 0.6 is 0 Å². The molecule has 0 fully saturated rings. The molecule has 7 nitrogen and oxygen atoms in total. The standard InChI is InChI=1S/C6H5N3O4/c10-4-8-7-3-5-1-2-6(13-5)9(11)12/h1-4H,(H,8,10)/b7-3+. The zero-order valence-corrected chi connectivity index (χ0v) is 6.34. The molecule has 0 radical (unpaired) electrons. The van der Waals surface area contributed by atoms with Gasteiger partial charge in [-0.25, -0.2) is 5.43 Å². The zero-order chi connectivity index (χ0) is 9.68. The molecule has 1 aromatic heterocycles. The van der Waals surface area contributed by atoms with Gasteiger partial charge in [0.25, 0.3) is 0 Å². The maximum absolute atomic E-state index is 10.1. The molecule has 1 N–H and O–H groups in total. The molecule has 1 heterocycles. The summed E-state index contributed by atoms with van der Waals surface area (Å²) in [6.07, 6.45) is 1.52. The van der Waals surface area contributed by atoms with Crippen LogP contribution < -0.4 is 5.43 Å². The molecule has 0 unspecified atom stereocenters. The molecule has 0 spiro atoms. The number of nitro groups is 1. The molecule has 0 saturated carbocycles. The Morgan fingerprint density at radius 2 is 2.38 bits per heavy atom. The highest BCUT2D eigenvalue weighted by atomic mass is 16.6. The molecular formula is C6H5N3O4. The van der Waals surface area contributed by atoms with E-state index >= 15 is 0 Å². The van der Waals surface area contributed by atoms with Crippen LogP contribution in [-0.2, 0) is 4.79 Å². The summed E-state index contributed by atoms with van der Waals surface area (Å²) < 4.78 is 4.69. The number of hydrogen-bond acceptors (Lipinski definition) is 5. The van der Waals surface area contributed by atoms with Gasteiger partial charge in [-0.2, -0.15) is 5.10 Å². The van der Waals surface area contributed by atoms with Gasteiger partial charge in [-0.1, -0.05) is 0 Å². The van der Waals surface area contributed by atoms with E-state index in [1.807, 2.05) is 5.43 Å². The highest BCUT2D eigenvalue weighted by molar-refractivity contribution is 5.76. The lowest BCUT2D eigenvalue weighted by molar-refractivity contribution is -0.402. The lowest BCUT2D eigenvalue weighted by Crippen LogP contribution is -1.99. The predicted molar refractivity (Wildman–Crippen MR) is 42.2 cm³/mol. The lowest BCUT2D eigenvalue weighted by Gasteiger charge is -1.83. The largest absolute Gasteiger partial charge is 0.433 e. The topological polar surface area (TPSA) is 97.7 Å². The summed E-state index contributed by atoms with van der Waals surface area (Å²) in [5.74, 6) is -0.173. The van der Waals surface area contributed by atoms with Gasteiger partial charge in [-0.15, -0.1) is 0 Å². The van der Waals surface area contributed by atoms with Crippen molar-refractivity contribution in [3.05, 3.63) is 28.0 Å². The van der Waals surface area contributed by atoms with Gasteiger partial charge >= 0.3 is 5.88 Å². The minimum absolute atomic E-state index is 0.195. The Morgan fingerprint density at radius 1 is 1.62 bits per heavy atom. The average Bonchev–Trinajstić information content (AvgIpc) is 2.53. The summed E-state index contributed by atoms with van der Waals surface area (Å²) >= 11 is 0. The fraction of sp³-hybridized carbons (Fsp3) is 0. The van der Waals surface area contributed by atoms with E-state index in [9.17, 15) is 14.9 Å². The van der Waals surface area contributed by atoms with Crippen molar-refractivity contribution < 1.29 is 14.1 Å². The van der Waals surface area contributed by atoms with E-state index < -0.39 is 4.92 Å². The third-order valence-corrected chi connectivity index (χ3v) is 1.11. The van der Waals surface area contributed by atoms with Gasteiger partial charge in [-0.3, -0.25) is 14.9 Å². The van der Waals surface area contributed by atoms with Crippen LogP contribution in [-0.4, -0.2) is 17.5 Å². The summed E-state index contributed by atoms with van der Waals surface area (Å²) in [5.41, 5.74) is 1.99. The van der Waals surface area contributed by atoms with Crippen LogP contribution in [0.1, 0.15) is 5.76 Å². The molecule has 0 saturated heterocycles. The molecule has 0 bridgehead atoms. The number of carbonyl (C=O) groups excluding carboxylic acids is 1. The molecule has 13 heavy (non-hydrogen) atoms. The van der Waals surface area contributed by atoms with Crippen molar-refractivity contribution in [2.75, 3.05) is 0 Å². The van der Waals surface area contributed by atoms with Crippen LogP contribution in [0, 0.1) is 10.1 Å². The number of nitrogens with one attached hydrogen (secondary N) is 1. The molecule has 0 aliphatic heterocycles. The summed E-state index contributed by atoms with van der Waals surface area (Å²) in [6, 6.07) is 2.57. The SMILES string of the molecule is O=CN/N=C/c1ccc([N+](=O)[O-])o1. The normalized spacial score (nSPS) is 10.2. The number of furan rings is 1. The number of rotatable bonds is 4. The van der Waals surface area contributed by atoms with Crippen molar-refractivity contribution in [3.63, 3.8) is 0 Å². The van der Waals surface area contributed by atoms with Crippen LogP contribution in [0.3, 0.4) is 0 Å². The molecule has 0 aliphatic rings. The minimum Gasteiger partial charge on any atom is -0.400 e. The summed E-state index contributed by atoms with van der Waals surface area (Å²) in [4.78, 5) is 19.2. The Kier molecular flexibility index (Phi) is 2.74. The first kappa shape index (κ1) is 8.91. The van der Waals surface area contributed by atoms with Gasteiger partial charge in [0.05, 0.1) is 12.3 Å². The van der Waals surface area contributed by atoms with Crippen molar-refractivity contribution in [1.29, 1.82) is 0 Å². The Labute approximate surface area is 72.2 Å². The smallest absolute Gasteiger partial charge is 0.400 e. The molecule has 1 aromatic rings. The second kappa shape index (κ2) is 4.00. The Balaban J connectivity index is 2.69. The zero-order valence-electron chi connectivity index (χ0n) is 6.34. The van der Waals surface area contributed by atoms with E-state index in [2.05, 4.69) is 9.52 Å². The summed E-state index contributed by atoms with van der Waals surface area (Å²) in [7, 11) is 0. The predicted octanol–water partition coefficient (Wildman–Crippen LogP) is 0.268. The van der Waals surface area contributed by atoms with E-state index in [0.717, 1.165) is 6.21 Å². The number of nitrogens with zero attached hydrogens (tertiary/aromatic N) is 2. The molecule has 68 valence electrons. The molecule has 0 aromatic carbocycles. The van der Waals surface area contributed by atoms with Gasteiger partial charge in [0.15, 0.2) is 5.76 Å². The van der Waals surface area contributed by atoms with Crippen molar-refractivity contribution in [2.45, 2.75) is 0 Å². The van der Waals surface area contributed by atoms with Crippen LogP contribution in [0.5, 0.6) is 0 Å². The lowest BCUT2D eigenvalue weighted by atomic mass is 10.5. The monoisotopic (exact) mass is 183 g/mol. The highest BCUT2D eigenvalue weighted by Gasteiger charge is 2.09. The van der Waals surface area contributed by atoms with Gasteiger partial charge in [0.2, 0.25) is 6.41 Å². The summed E-state index contributed by atoms with van der Waals surface area (Å²) in [5, 5.41) is 13.5. The maximum Gasteiger partial charge on any atom is 0.433 e. The third kappa shape index (κ3) is 2.40. The van der Waals surface area contributed by atoms with Crippen LogP contribution in [0.4, 0.5) is 5.88 Å². The maximum atomic E-state index is 10.1. The van der Waals surface area contributed by atoms with E-state index in [4.69, 9.17) is 0 Å². The molecule has 7 heteroatoms. The Morgan fingerprint density at radius 3 is 2.92 bits per heavy atom. The fourth-order valence-electron chi connectivity index (χ4n) is 0.641. The first-order valence-corrected chi connectivity index (χ1v) is 3.20. The number of hydrogen-bond donors (Lipinski definition) is 1. The quantitative estimate of drug-likeness (QED) is 0.313. The van der Waals surface area contributed by atoms with Crippen molar-refractivity contribution in [1.82, 2.24) is 5.43 Å². The van der Waals surface area contributed by atoms with Gasteiger partial charge in [0.1, 0.15) is 4.92 Å². The molecule has 1 rings (SSSR count). The van der Waals surface area contributed by atoms with Crippen molar-refractivity contribution >= 4 is 18.5 Å². The summed E-state index contributed by atoms with van der Waals surface area (Å²) in [6.45, 7) is 0. The Hall–Kier alpha value is -2.18. The first-order chi connectivity index (χ1) is 6.24. The highest BCUT2D eigenvalue weighted by Crippen LogP contribution is 2.13. The van der Waals surface area contributed by atoms with Gasteiger partial charge in [-0.05, 0) is 6.07 Å². The van der Waals surface area contributed by atoms with Crippen LogP contribution in [0.2, 0.25) is 0 Å². The number of carbonyl (C=O) groups is 1. The van der Waals surface area contributed by atoms with E-state index in [0.29, 0.717) is 6.41 Å². The average molecular weight is 183 g/mol. The van der Waals surface area contributed by atoms with E-state index in [1.54, 1.807) is 0 Å². The molecule has 0 aliphatic carbocycles. The number of amides is 1. The second-order valence-electron chi connectivity index (χ2n) is 1.94. The van der Waals surface area contributed by atoms with E-state index in [-0.39, 0.29) is 11.6 Å². The molecule has 0 atom stereocenters. The molecular weight excluding hydrogens is 178 g/mol. The van der Waals surface area contributed by atoms with Crippen LogP contribution in [0.25, 0.3) is 0 Å². The molecule has 1 amide bonds. The first-order valence-electron chi connectivity index (χ1n) is 3.20. The fourth-order valence-corrected chi connectivity index (χ4v) is 0.641. The van der Waals surface area contributed by atoms with Crippen molar-refractivity contribution in [3.8, 4) is 0 Å². The number of hydrazone groups is 1.